The van der Waals surface area contributed by atoms with E-state index < -0.39 is 0 Å². The quantitative estimate of drug-likeness (QED) is 0.760. The number of carbonyl (C=O) groups excluding carboxylic acids is 1. The van der Waals surface area contributed by atoms with Crippen LogP contribution in [0.2, 0.25) is 0 Å². The lowest BCUT2D eigenvalue weighted by molar-refractivity contribution is -0.147. The Hall–Kier alpha value is -1.58. The minimum atomic E-state index is -0.194. The molecule has 0 aliphatic carbocycles. The van der Waals surface area contributed by atoms with Gasteiger partial charge >= 0.3 is 5.97 Å². The summed E-state index contributed by atoms with van der Waals surface area (Å²) in [5.74, 6) is 0.103. The summed E-state index contributed by atoms with van der Waals surface area (Å²) in [5.41, 5.74) is 6.57. The second-order valence-electron chi connectivity index (χ2n) is 3.40. The predicted molar refractivity (Wildman–Crippen MR) is 58.2 cm³/mol. The molecule has 0 radical (unpaired) electrons. The molecule has 0 aromatic carbocycles. The number of hydrogen-bond acceptors (Lipinski definition) is 4. The minimum Gasteiger partial charge on any atom is -0.466 e. The molecule has 0 saturated carbocycles. The molecule has 0 saturated heterocycles. The van der Waals surface area contributed by atoms with Gasteiger partial charge in [0.25, 0.3) is 0 Å². The van der Waals surface area contributed by atoms with E-state index in [4.69, 9.17) is 10.5 Å². The Morgan fingerprint density at radius 2 is 2.40 bits per heavy atom. The fraction of sp³-hybridized carbons (Fsp3) is 0.455. The number of anilines is 1. The van der Waals surface area contributed by atoms with Gasteiger partial charge in [-0.3, -0.25) is 4.79 Å². The van der Waals surface area contributed by atoms with Crippen LogP contribution in [0.3, 0.4) is 0 Å². The summed E-state index contributed by atoms with van der Waals surface area (Å²) >= 11 is 0. The van der Waals surface area contributed by atoms with Crippen molar-refractivity contribution in [3.05, 3.63) is 23.9 Å². The summed E-state index contributed by atoms with van der Waals surface area (Å²) in [6.07, 6.45) is 2.20. The molecule has 1 aromatic rings. The number of carbonyl (C=O) groups is 1. The highest BCUT2D eigenvalue weighted by atomic mass is 16.5. The first-order valence-corrected chi connectivity index (χ1v) is 5.01. The average molecular weight is 208 g/mol. The van der Waals surface area contributed by atoms with E-state index in [1.807, 2.05) is 19.1 Å². The molecule has 1 unspecified atom stereocenters. The predicted octanol–water partition coefficient (Wildman–Crippen LogP) is 1.41. The van der Waals surface area contributed by atoms with Gasteiger partial charge in [0.2, 0.25) is 0 Å². The van der Waals surface area contributed by atoms with Crippen LogP contribution in [-0.2, 0) is 16.0 Å². The zero-order valence-corrected chi connectivity index (χ0v) is 9.06. The monoisotopic (exact) mass is 208 g/mol. The molecule has 0 spiro atoms. The number of nitrogen functional groups attached to an aromatic ring is 1. The van der Waals surface area contributed by atoms with Gasteiger partial charge in [-0.05, 0) is 25.0 Å². The van der Waals surface area contributed by atoms with Gasteiger partial charge in [-0.2, -0.15) is 0 Å². The lowest BCUT2D eigenvalue weighted by atomic mass is 10.0. The molecule has 0 bridgehead atoms. The smallest absolute Gasteiger partial charge is 0.308 e. The molecule has 0 fully saturated rings. The number of ether oxygens (including phenoxy) is 1. The third kappa shape index (κ3) is 3.23. The van der Waals surface area contributed by atoms with Crippen molar-refractivity contribution in [3.63, 3.8) is 0 Å². The van der Waals surface area contributed by atoms with E-state index in [0.717, 1.165) is 5.56 Å². The second-order valence-corrected chi connectivity index (χ2v) is 3.40. The highest BCUT2D eigenvalue weighted by Gasteiger charge is 2.15. The number of nitrogens with zero attached hydrogens (tertiary/aromatic N) is 1. The van der Waals surface area contributed by atoms with E-state index >= 15 is 0 Å². The summed E-state index contributed by atoms with van der Waals surface area (Å²) < 4.78 is 4.92. The van der Waals surface area contributed by atoms with Crippen molar-refractivity contribution in [2.24, 2.45) is 5.92 Å². The van der Waals surface area contributed by atoms with Gasteiger partial charge in [-0.1, -0.05) is 13.0 Å². The van der Waals surface area contributed by atoms with Crippen LogP contribution in [0.25, 0.3) is 0 Å². The van der Waals surface area contributed by atoms with Gasteiger partial charge in [-0.25, -0.2) is 4.98 Å². The largest absolute Gasteiger partial charge is 0.466 e. The molecule has 82 valence electrons. The maximum Gasteiger partial charge on any atom is 0.308 e. The van der Waals surface area contributed by atoms with Crippen LogP contribution in [0, 0.1) is 5.92 Å². The molecule has 0 aliphatic heterocycles. The zero-order valence-electron chi connectivity index (χ0n) is 9.06. The van der Waals surface area contributed by atoms with E-state index in [1.165, 1.54) is 0 Å². The van der Waals surface area contributed by atoms with E-state index in [9.17, 15) is 4.79 Å². The summed E-state index contributed by atoms with van der Waals surface area (Å²) in [7, 11) is 0. The SMILES string of the molecule is CCOC(=O)C(C)Cc1cccnc1N. The fourth-order valence-electron chi connectivity index (χ4n) is 1.32. The first-order chi connectivity index (χ1) is 7.15. The van der Waals surface area contributed by atoms with Crippen LogP contribution in [0.5, 0.6) is 0 Å². The highest BCUT2D eigenvalue weighted by Crippen LogP contribution is 2.14. The Labute approximate surface area is 89.5 Å². The Balaban J connectivity index is 2.62. The normalized spacial score (nSPS) is 12.1. The van der Waals surface area contributed by atoms with Gasteiger partial charge in [0.15, 0.2) is 0 Å². The second kappa shape index (κ2) is 5.34. The summed E-state index contributed by atoms with van der Waals surface area (Å²) in [6.45, 7) is 4.03. The van der Waals surface area contributed by atoms with Crippen LogP contribution in [0.4, 0.5) is 5.82 Å². The molecule has 0 amide bonds. The first kappa shape index (κ1) is 11.5. The molecule has 4 heteroatoms. The Morgan fingerprint density at radius 1 is 1.67 bits per heavy atom. The van der Waals surface area contributed by atoms with E-state index in [2.05, 4.69) is 4.98 Å². The molecule has 1 aromatic heterocycles. The fourth-order valence-corrected chi connectivity index (χ4v) is 1.32. The van der Waals surface area contributed by atoms with Crippen molar-refractivity contribution in [3.8, 4) is 0 Å². The number of hydrogen-bond donors (Lipinski definition) is 1. The van der Waals surface area contributed by atoms with Crippen molar-refractivity contribution in [2.45, 2.75) is 20.3 Å². The number of esters is 1. The van der Waals surface area contributed by atoms with Crippen molar-refractivity contribution in [2.75, 3.05) is 12.3 Å². The van der Waals surface area contributed by atoms with E-state index in [0.29, 0.717) is 18.8 Å². The average Bonchev–Trinajstić information content (AvgIpc) is 2.21. The molecule has 0 aliphatic rings. The molecule has 1 heterocycles. The number of pyridine rings is 1. The van der Waals surface area contributed by atoms with Gasteiger partial charge in [0.05, 0.1) is 12.5 Å². The minimum absolute atomic E-state index is 0.184. The molecule has 1 atom stereocenters. The molecule has 4 nitrogen and oxygen atoms in total. The van der Waals surface area contributed by atoms with Gasteiger partial charge in [-0.15, -0.1) is 0 Å². The van der Waals surface area contributed by atoms with Crippen LogP contribution < -0.4 is 5.73 Å². The van der Waals surface area contributed by atoms with Crippen molar-refractivity contribution in [1.82, 2.24) is 4.98 Å². The van der Waals surface area contributed by atoms with Crippen molar-refractivity contribution < 1.29 is 9.53 Å². The lowest BCUT2D eigenvalue weighted by Crippen LogP contribution is -2.17. The Bertz CT molecular complexity index is 339. The summed E-state index contributed by atoms with van der Waals surface area (Å²) in [4.78, 5) is 15.3. The maximum absolute atomic E-state index is 11.4. The molecule has 15 heavy (non-hydrogen) atoms. The zero-order chi connectivity index (χ0) is 11.3. The van der Waals surface area contributed by atoms with E-state index in [1.54, 1.807) is 13.1 Å². The highest BCUT2D eigenvalue weighted by molar-refractivity contribution is 5.72. The number of aromatic nitrogens is 1. The summed E-state index contributed by atoms with van der Waals surface area (Å²) in [5, 5.41) is 0. The molecule has 1 rings (SSSR count). The van der Waals surface area contributed by atoms with Crippen molar-refractivity contribution in [1.29, 1.82) is 0 Å². The van der Waals surface area contributed by atoms with Crippen LogP contribution in [0.15, 0.2) is 18.3 Å². The van der Waals surface area contributed by atoms with Crippen LogP contribution in [-0.4, -0.2) is 17.6 Å². The maximum atomic E-state index is 11.4. The third-order valence-corrected chi connectivity index (χ3v) is 2.14. The van der Waals surface area contributed by atoms with Crippen LogP contribution in [0.1, 0.15) is 19.4 Å². The number of rotatable bonds is 4. The van der Waals surface area contributed by atoms with Gasteiger partial charge in [0.1, 0.15) is 5.82 Å². The molecular weight excluding hydrogens is 192 g/mol. The topological polar surface area (TPSA) is 65.2 Å². The number of nitrogens with two attached hydrogens (primary N) is 1. The van der Waals surface area contributed by atoms with E-state index in [-0.39, 0.29) is 11.9 Å². The first-order valence-electron chi connectivity index (χ1n) is 5.01. The van der Waals surface area contributed by atoms with Crippen molar-refractivity contribution >= 4 is 11.8 Å². The van der Waals surface area contributed by atoms with Gasteiger partial charge in [0, 0.05) is 6.20 Å². The Morgan fingerprint density at radius 3 is 3.00 bits per heavy atom. The molecular formula is C11H16N2O2. The lowest BCUT2D eigenvalue weighted by Gasteiger charge is -2.11. The molecule has 2 N–H and O–H groups in total. The Kier molecular flexibility index (Phi) is 4.09. The van der Waals surface area contributed by atoms with Crippen LogP contribution >= 0.6 is 0 Å². The standard InChI is InChI=1S/C11H16N2O2/c1-3-15-11(14)8(2)7-9-5-4-6-13-10(9)12/h4-6,8H,3,7H2,1-2H3,(H2,12,13). The van der Waals surface area contributed by atoms with Gasteiger partial charge < -0.3 is 10.5 Å². The third-order valence-electron chi connectivity index (χ3n) is 2.14. The summed E-state index contributed by atoms with van der Waals surface area (Å²) in [6, 6.07) is 3.68.